The minimum atomic E-state index is -3.14. The summed E-state index contributed by atoms with van der Waals surface area (Å²) in [5, 5.41) is 2.63. The molecule has 1 unspecified atom stereocenters. The van der Waals surface area contributed by atoms with E-state index in [1.165, 1.54) is 0 Å². The second kappa shape index (κ2) is 5.33. The number of anilines is 1. The first kappa shape index (κ1) is 15.5. The molecule has 2 aromatic rings. The highest BCUT2D eigenvalue weighted by molar-refractivity contribution is 5.50. The van der Waals surface area contributed by atoms with Gasteiger partial charge < -0.3 is 5.32 Å². The summed E-state index contributed by atoms with van der Waals surface area (Å²) >= 11 is 0. The Morgan fingerprint density at radius 2 is 1.87 bits per heavy atom. The van der Waals surface area contributed by atoms with Crippen molar-refractivity contribution in [3.05, 3.63) is 62.3 Å². The molecule has 0 fully saturated rings. The Labute approximate surface area is 131 Å². The summed E-state index contributed by atoms with van der Waals surface area (Å²) in [6, 6.07) is 6.55. The third-order valence-corrected chi connectivity index (χ3v) is 4.00. The quantitative estimate of drug-likeness (QED) is 0.893. The van der Waals surface area contributed by atoms with Crippen molar-refractivity contribution >= 4 is 5.82 Å². The lowest BCUT2D eigenvalue weighted by Gasteiger charge is -2.34. The van der Waals surface area contributed by atoms with Crippen LogP contribution < -0.4 is 16.6 Å². The van der Waals surface area contributed by atoms with Crippen LogP contribution in [0.2, 0.25) is 0 Å². The van der Waals surface area contributed by atoms with Gasteiger partial charge >= 0.3 is 5.69 Å². The van der Waals surface area contributed by atoms with Crippen molar-refractivity contribution in [3.63, 3.8) is 0 Å². The summed E-state index contributed by atoms with van der Waals surface area (Å²) in [7, 11) is 0. The summed E-state index contributed by atoms with van der Waals surface area (Å²) in [4.78, 5) is 26.9. The molecule has 0 saturated heterocycles. The van der Waals surface area contributed by atoms with Gasteiger partial charge in [-0.25, -0.2) is 13.6 Å². The Morgan fingerprint density at radius 3 is 2.48 bits per heavy atom. The Morgan fingerprint density at radius 1 is 1.22 bits per heavy atom. The van der Waals surface area contributed by atoms with Gasteiger partial charge in [0, 0.05) is 12.5 Å². The molecule has 0 bridgehead atoms. The summed E-state index contributed by atoms with van der Waals surface area (Å²) in [6.07, 6.45) is -0.711. The van der Waals surface area contributed by atoms with E-state index in [1.807, 2.05) is 0 Å². The van der Waals surface area contributed by atoms with Crippen LogP contribution in [0.15, 0.2) is 39.9 Å². The number of nitrogens with one attached hydrogen (secondary N) is 2. The van der Waals surface area contributed by atoms with Gasteiger partial charge in [-0.3, -0.25) is 14.3 Å². The molecule has 122 valence electrons. The van der Waals surface area contributed by atoms with Crippen molar-refractivity contribution in [2.24, 2.45) is 0 Å². The smallest absolute Gasteiger partial charge is 0.330 e. The molecule has 1 atom stereocenters. The molecule has 7 heteroatoms. The zero-order chi connectivity index (χ0) is 16.8. The van der Waals surface area contributed by atoms with Crippen LogP contribution in [0.5, 0.6) is 0 Å². The third kappa shape index (κ3) is 2.56. The summed E-state index contributed by atoms with van der Waals surface area (Å²) in [5.74, 6) is -3.06. The van der Waals surface area contributed by atoms with E-state index in [4.69, 9.17) is 0 Å². The van der Waals surface area contributed by atoms with Crippen LogP contribution in [-0.2, 0) is 6.42 Å². The van der Waals surface area contributed by atoms with Gasteiger partial charge in [0.25, 0.3) is 11.5 Å². The van der Waals surface area contributed by atoms with E-state index in [-0.39, 0.29) is 11.4 Å². The van der Waals surface area contributed by atoms with Crippen LogP contribution in [0.25, 0.3) is 0 Å². The lowest BCUT2D eigenvalue weighted by molar-refractivity contribution is -0.0234. The molecule has 5 nitrogen and oxygen atoms in total. The van der Waals surface area contributed by atoms with E-state index in [9.17, 15) is 18.4 Å². The fourth-order valence-corrected chi connectivity index (χ4v) is 2.90. The van der Waals surface area contributed by atoms with E-state index in [2.05, 4.69) is 10.3 Å². The first-order valence-corrected chi connectivity index (χ1v) is 7.38. The average molecular weight is 321 g/mol. The van der Waals surface area contributed by atoms with Crippen molar-refractivity contribution in [3.8, 4) is 0 Å². The Hall–Kier alpha value is -2.44. The van der Waals surface area contributed by atoms with E-state index in [0.717, 1.165) is 4.57 Å². The molecular weight excluding hydrogens is 304 g/mol. The number of halogens is 2. The van der Waals surface area contributed by atoms with Crippen LogP contribution in [-0.4, -0.2) is 15.5 Å². The number of hydrogen-bond acceptors (Lipinski definition) is 3. The van der Waals surface area contributed by atoms with Gasteiger partial charge in [0.2, 0.25) is 0 Å². The maximum absolute atomic E-state index is 14.5. The van der Waals surface area contributed by atoms with Crippen LogP contribution in [0.1, 0.15) is 37.1 Å². The molecule has 0 saturated carbocycles. The molecule has 3 rings (SSSR count). The SMILES string of the molecule is CC(C)n1c(=O)[nH]c2c(c1=O)CC(F)(F)C(c1ccccc1)N2. The van der Waals surface area contributed by atoms with Crippen LogP contribution in [0.4, 0.5) is 14.6 Å². The molecule has 2 N–H and O–H groups in total. The molecule has 1 aliphatic rings. The first-order chi connectivity index (χ1) is 10.8. The van der Waals surface area contributed by atoms with E-state index in [0.29, 0.717) is 5.56 Å². The summed E-state index contributed by atoms with van der Waals surface area (Å²) in [5.41, 5.74) is -0.960. The Bertz CT molecular complexity index is 841. The normalized spacial score (nSPS) is 19.3. The highest BCUT2D eigenvalue weighted by atomic mass is 19.3. The predicted molar refractivity (Wildman–Crippen MR) is 83.2 cm³/mol. The van der Waals surface area contributed by atoms with Crippen LogP contribution >= 0.6 is 0 Å². The van der Waals surface area contributed by atoms with Gasteiger partial charge in [-0.05, 0) is 19.4 Å². The van der Waals surface area contributed by atoms with Gasteiger partial charge in [-0.1, -0.05) is 30.3 Å². The van der Waals surface area contributed by atoms with Crippen LogP contribution in [0, 0.1) is 0 Å². The summed E-state index contributed by atoms with van der Waals surface area (Å²) < 4.78 is 30.0. The fourth-order valence-electron chi connectivity index (χ4n) is 2.90. The topological polar surface area (TPSA) is 66.9 Å². The van der Waals surface area contributed by atoms with Crippen molar-refractivity contribution < 1.29 is 8.78 Å². The minimum Gasteiger partial charge on any atom is -0.359 e. The minimum absolute atomic E-state index is 0.0803. The van der Waals surface area contributed by atoms with Crippen LogP contribution in [0.3, 0.4) is 0 Å². The van der Waals surface area contributed by atoms with E-state index < -0.39 is 35.7 Å². The Balaban J connectivity index is 2.14. The fraction of sp³-hybridized carbons (Fsp3) is 0.375. The lowest BCUT2D eigenvalue weighted by Crippen LogP contribution is -2.46. The standard InChI is InChI=1S/C16H17F2N3O2/c1-9(2)21-14(22)11-8-16(17,18)12(10-6-4-3-5-7-10)19-13(11)20-15(21)23/h3-7,9,12,19H,8H2,1-2H3,(H,20,23). The molecule has 0 aliphatic carbocycles. The van der Waals surface area contributed by atoms with Gasteiger partial charge in [-0.15, -0.1) is 0 Å². The average Bonchev–Trinajstić information content (AvgIpc) is 2.48. The largest absolute Gasteiger partial charge is 0.359 e. The number of aromatic amines is 1. The van der Waals surface area contributed by atoms with Gasteiger partial charge in [0.1, 0.15) is 11.9 Å². The molecule has 23 heavy (non-hydrogen) atoms. The molecule has 1 aromatic heterocycles. The second-order valence-electron chi connectivity index (χ2n) is 5.98. The molecule has 1 aliphatic heterocycles. The number of H-pyrrole nitrogens is 1. The molecular formula is C16H17F2N3O2. The molecule has 0 radical (unpaired) electrons. The zero-order valence-electron chi connectivity index (χ0n) is 12.8. The predicted octanol–water partition coefficient (Wildman–Crippen LogP) is 2.46. The first-order valence-electron chi connectivity index (χ1n) is 7.38. The summed E-state index contributed by atoms with van der Waals surface area (Å²) in [6.45, 7) is 3.31. The van der Waals surface area contributed by atoms with Crippen molar-refractivity contribution in [2.45, 2.75) is 38.3 Å². The molecule has 2 heterocycles. The van der Waals surface area contributed by atoms with Gasteiger partial charge in [0.05, 0.1) is 5.56 Å². The zero-order valence-corrected chi connectivity index (χ0v) is 12.8. The lowest BCUT2D eigenvalue weighted by atomic mass is 9.92. The van der Waals surface area contributed by atoms with Gasteiger partial charge in [0.15, 0.2) is 0 Å². The highest BCUT2D eigenvalue weighted by Crippen LogP contribution is 2.40. The number of aromatic nitrogens is 2. The number of rotatable bonds is 2. The van der Waals surface area contributed by atoms with Crippen molar-refractivity contribution in [1.29, 1.82) is 0 Å². The monoisotopic (exact) mass is 321 g/mol. The number of alkyl halides is 2. The maximum atomic E-state index is 14.5. The van der Waals surface area contributed by atoms with Crippen molar-refractivity contribution in [1.82, 2.24) is 9.55 Å². The Kier molecular flexibility index (Phi) is 3.58. The molecule has 0 spiro atoms. The third-order valence-electron chi connectivity index (χ3n) is 4.00. The molecule has 0 amide bonds. The van der Waals surface area contributed by atoms with Gasteiger partial charge in [-0.2, -0.15) is 0 Å². The number of hydrogen-bond donors (Lipinski definition) is 2. The number of nitrogens with zero attached hydrogens (tertiary/aromatic N) is 1. The number of benzene rings is 1. The highest BCUT2D eigenvalue weighted by Gasteiger charge is 2.46. The van der Waals surface area contributed by atoms with E-state index >= 15 is 0 Å². The molecule has 1 aromatic carbocycles. The second-order valence-corrected chi connectivity index (χ2v) is 5.98. The number of fused-ring (bicyclic) bond motifs is 1. The maximum Gasteiger partial charge on any atom is 0.330 e. The van der Waals surface area contributed by atoms with Crippen molar-refractivity contribution in [2.75, 3.05) is 5.32 Å². The van der Waals surface area contributed by atoms with E-state index in [1.54, 1.807) is 44.2 Å².